The monoisotopic (exact) mass is 264 g/mol. The molecule has 0 radical (unpaired) electrons. The van der Waals surface area contributed by atoms with Gasteiger partial charge in [0.2, 0.25) is 0 Å². The average Bonchev–Trinajstić information content (AvgIpc) is 2.47. The normalized spacial score (nSPS) is 36.7. The number of aliphatic hydroxyl groups is 1. The van der Waals surface area contributed by atoms with E-state index in [1.165, 1.54) is 64.2 Å². The van der Waals surface area contributed by atoms with E-state index >= 15 is 0 Å². The third-order valence-corrected chi connectivity index (χ3v) is 5.56. The average molecular weight is 264 g/mol. The molecule has 0 aromatic carbocycles. The molecule has 0 aromatic heterocycles. The first-order chi connectivity index (χ1) is 9.31. The second-order valence-electron chi connectivity index (χ2n) is 6.95. The van der Waals surface area contributed by atoms with Gasteiger partial charge in [0, 0.05) is 6.61 Å². The van der Waals surface area contributed by atoms with Gasteiger partial charge in [0.05, 0.1) is 0 Å². The first-order valence-electron chi connectivity index (χ1n) is 8.55. The Bertz CT molecular complexity index is 255. The van der Waals surface area contributed by atoms with E-state index in [1.807, 2.05) is 0 Å². The van der Waals surface area contributed by atoms with Crippen LogP contribution in [0.25, 0.3) is 0 Å². The molecule has 2 fully saturated rings. The zero-order chi connectivity index (χ0) is 13.5. The molecule has 0 saturated heterocycles. The summed E-state index contributed by atoms with van der Waals surface area (Å²) in [5, 5.41) is 9.17. The number of hydrogen-bond donors (Lipinski definition) is 1. The molecule has 1 heteroatoms. The Morgan fingerprint density at radius 3 is 1.74 bits per heavy atom. The smallest absolute Gasteiger partial charge is 0.0459 e. The molecule has 0 aliphatic heterocycles. The van der Waals surface area contributed by atoms with Gasteiger partial charge >= 0.3 is 0 Å². The first kappa shape index (κ1) is 15.1. The summed E-state index contributed by atoms with van der Waals surface area (Å²) in [6, 6.07) is 0. The summed E-state index contributed by atoms with van der Waals surface area (Å²) < 4.78 is 0. The molecule has 0 atom stereocenters. The van der Waals surface area contributed by atoms with Crippen LogP contribution in [0.4, 0.5) is 0 Å². The van der Waals surface area contributed by atoms with E-state index in [9.17, 15) is 5.11 Å². The molecule has 19 heavy (non-hydrogen) atoms. The Morgan fingerprint density at radius 1 is 0.789 bits per heavy atom. The molecule has 1 nitrogen and oxygen atoms in total. The van der Waals surface area contributed by atoms with Crippen LogP contribution < -0.4 is 0 Å². The van der Waals surface area contributed by atoms with Crippen LogP contribution in [-0.2, 0) is 0 Å². The van der Waals surface area contributed by atoms with Gasteiger partial charge in [0.1, 0.15) is 0 Å². The molecule has 2 saturated carbocycles. The van der Waals surface area contributed by atoms with Crippen molar-refractivity contribution in [3.63, 3.8) is 0 Å². The van der Waals surface area contributed by atoms with Gasteiger partial charge in [-0.3, -0.25) is 0 Å². The van der Waals surface area contributed by atoms with Crippen LogP contribution in [0.15, 0.2) is 12.2 Å². The second kappa shape index (κ2) is 8.09. The van der Waals surface area contributed by atoms with E-state index in [-0.39, 0.29) is 0 Å². The van der Waals surface area contributed by atoms with Crippen LogP contribution in [0.3, 0.4) is 0 Å². The van der Waals surface area contributed by atoms with E-state index < -0.39 is 0 Å². The van der Waals surface area contributed by atoms with Crippen molar-refractivity contribution in [2.75, 3.05) is 6.61 Å². The summed E-state index contributed by atoms with van der Waals surface area (Å²) in [6.45, 7) is 2.57. The summed E-state index contributed by atoms with van der Waals surface area (Å²) in [4.78, 5) is 0. The lowest BCUT2D eigenvalue weighted by Crippen LogP contribution is -2.19. The fourth-order valence-corrected chi connectivity index (χ4v) is 4.12. The summed E-state index contributed by atoms with van der Waals surface area (Å²) >= 11 is 0. The quantitative estimate of drug-likeness (QED) is 0.697. The lowest BCUT2D eigenvalue weighted by atomic mass is 9.76. The molecule has 2 aliphatic carbocycles. The van der Waals surface area contributed by atoms with Crippen LogP contribution in [-0.4, -0.2) is 11.7 Å². The van der Waals surface area contributed by atoms with Gasteiger partial charge in [-0.05, 0) is 69.1 Å². The fourth-order valence-electron chi connectivity index (χ4n) is 4.12. The van der Waals surface area contributed by atoms with Crippen molar-refractivity contribution in [3.8, 4) is 0 Å². The Labute approximate surface area is 119 Å². The van der Waals surface area contributed by atoms with Crippen LogP contribution >= 0.6 is 0 Å². The molecule has 2 rings (SSSR count). The van der Waals surface area contributed by atoms with Crippen molar-refractivity contribution >= 4 is 0 Å². The highest BCUT2D eigenvalue weighted by Gasteiger charge is 2.23. The van der Waals surface area contributed by atoms with Crippen molar-refractivity contribution in [1.82, 2.24) is 0 Å². The fraction of sp³-hybridized carbons (Fsp3) is 0.889. The maximum absolute atomic E-state index is 9.17. The standard InChI is InChI=1S/C18H32O/c1-2-3-15-4-6-16(7-5-15)8-9-17-10-12-18(14-19)13-11-17/h2-3,15-19H,4-14H2,1H3/t15-,16-,17-,18-. The molecular formula is C18H32O. The Balaban J connectivity index is 1.59. The largest absolute Gasteiger partial charge is 0.396 e. The van der Waals surface area contributed by atoms with Gasteiger partial charge in [-0.2, -0.15) is 0 Å². The minimum absolute atomic E-state index is 0.418. The minimum atomic E-state index is 0.418. The molecule has 0 aromatic rings. The van der Waals surface area contributed by atoms with Gasteiger partial charge in [-0.15, -0.1) is 0 Å². The summed E-state index contributed by atoms with van der Waals surface area (Å²) in [5.74, 6) is 3.47. The molecule has 1 N–H and O–H groups in total. The molecular weight excluding hydrogens is 232 g/mol. The van der Waals surface area contributed by atoms with Crippen molar-refractivity contribution in [3.05, 3.63) is 12.2 Å². The lowest BCUT2D eigenvalue weighted by Gasteiger charge is -2.30. The van der Waals surface area contributed by atoms with Gasteiger partial charge in [-0.1, -0.05) is 37.8 Å². The van der Waals surface area contributed by atoms with E-state index in [0.717, 1.165) is 17.8 Å². The van der Waals surface area contributed by atoms with Gasteiger partial charge in [-0.25, -0.2) is 0 Å². The van der Waals surface area contributed by atoms with Gasteiger partial charge < -0.3 is 5.11 Å². The zero-order valence-corrected chi connectivity index (χ0v) is 12.7. The predicted molar refractivity (Wildman–Crippen MR) is 82.0 cm³/mol. The van der Waals surface area contributed by atoms with Crippen molar-refractivity contribution in [2.24, 2.45) is 23.7 Å². The zero-order valence-electron chi connectivity index (χ0n) is 12.7. The van der Waals surface area contributed by atoms with E-state index in [2.05, 4.69) is 19.1 Å². The minimum Gasteiger partial charge on any atom is -0.396 e. The van der Waals surface area contributed by atoms with Crippen molar-refractivity contribution < 1.29 is 5.11 Å². The van der Waals surface area contributed by atoms with E-state index in [0.29, 0.717) is 12.5 Å². The summed E-state index contributed by atoms with van der Waals surface area (Å²) in [5.41, 5.74) is 0. The predicted octanol–water partition coefficient (Wildman–Crippen LogP) is 4.95. The third kappa shape index (κ3) is 4.95. The SMILES string of the molecule is CC=C[C@H]1CC[C@H](CC[C@H]2CC[C@H](CO)CC2)CC1. The first-order valence-corrected chi connectivity index (χ1v) is 8.55. The third-order valence-electron chi connectivity index (χ3n) is 5.56. The molecule has 0 amide bonds. The van der Waals surface area contributed by atoms with Crippen LogP contribution in [0.5, 0.6) is 0 Å². The van der Waals surface area contributed by atoms with E-state index in [1.54, 1.807) is 0 Å². The Hall–Kier alpha value is -0.300. The Kier molecular flexibility index (Phi) is 6.43. The molecule has 0 bridgehead atoms. The van der Waals surface area contributed by atoms with Gasteiger partial charge in [0.25, 0.3) is 0 Å². The van der Waals surface area contributed by atoms with Crippen LogP contribution in [0.1, 0.15) is 71.1 Å². The number of aliphatic hydroxyl groups excluding tert-OH is 1. The lowest BCUT2D eigenvalue weighted by molar-refractivity contribution is 0.158. The highest BCUT2D eigenvalue weighted by Crippen LogP contribution is 2.36. The number of rotatable bonds is 5. The second-order valence-corrected chi connectivity index (χ2v) is 6.95. The molecule has 110 valence electrons. The summed E-state index contributed by atoms with van der Waals surface area (Å²) in [7, 11) is 0. The van der Waals surface area contributed by atoms with Gasteiger partial charge in [0.15, 0.2) is 0 Å². The van der Waals surface area contributed by atoms with Crippen molar-refractivity contribution in [1.29, 1.82) is 0 Å². The highest BCUT2D eigenvalue weighted by molar-refractivity contribution is 4.89. The van der Waals surface area contributed by atoms with Crippen LogP contribution in [0.2, 0.25) is 0 Å². The van der Waals surface area contributed by atoms with E-state index in [4.69, 9.17) is 0 Å². The van der Waals surface area contributed by atoms with Crippen molar-refractivity contribution in [2.45, 2.75) is 71.1 Å². The summed E-state index contributed by atoms with van der Waals surface area (Å²) in [6.07, 6.45) is 18.6. The number of hydrogen-bond acceptors (Lipinski definition) is 1. The topological polar surface area (TPSA) is 20.2 Å². The number of allylic oxidation sites excluding steroid dienone is 2. The maximum atomic E-state index is 9.17. The molecule has 2 aliphatic rings. The Morgan fingerprint density at radius 2 is 1.26 bits per heavy atom. The molecule has 0 heterocycles. The molecule has 0 spiro atoms. The van der Waals surface area contributed by atoms with Crippen LogP contribution in [0, 0.1) is 23.7 Å². The molecule has 0 unspecified atom stereocenters. The maximum Gasteiger partial charge on any atom is 0.0459 e. The highest BCUT2D eigenvalue weighted by atomic mass is 16.3.